The lowest BCUT2D eigenvalue weighted by molar-refractivity contribution is 0.315. The minimum atomic E-state index is -0.106. The molecular formula is C18H16N2O. The van der Waals surface area contributed by atoms with E-state index in [1.807, 2.05) is 42.6 Å². The van der Waals surface area contributed by atoms with E-state index < -0.39 is 0 Å². The highest BCUT2D eigenvalue weighted by Crippen LogP contribution is 2.40. The highest BCUT2D eigenvalue weighted by atomic mass is 16.5. The summed E-state index contributed by atoms with van der Waals surface area (Å²) in [6, 6.07) is 18.2. The number of hydrogen-bond donors (Lipinski definition) is 1. The van der Waals surface area contributed by atoms with E-state index in [4.69, 9.17) is 10.5 Å². The Kier molecular flexibility index (Phi) is 2.86. The van der Waals surface area contributed by atoms with Gasteiger partial charge in [0.05, 0.1) is 12.1 Å². The maximum absolute atomic E-state index is 6.49. The lowest BCUT2D eigenvalue weighted by atomic mass is 9.89. The summed E-state index contributed by atoms with van der Waals surface area (Å²) < 4.78 is 5.74. The first kappa shape index (κ1) is 12.4. The molecule has 0 saturated heterocycles. The molecule has 0 radical (unpaired) electrons. The van der Waals surface area contributed by atoms with Crippen molar-refractivity contribution in [1.82, 2.24) is 4.98 Å². The van der Waals surface area contributed by atoms with Crippen molar-refractivity contribution in [3.8, 4) is 5.75 Å². The van der Waals surface area contributed by atoms with Gasteiger partial charge in [-0.25, -0.2) is 0 Å². The van der Waals surface area contributed by atoms with E-state index >= 15 is 0 Å². The quantitative estimate of drug-likeness (QED) is 0.780. The minimum absolute atomic E-state index is 0.106. The van der Waals surface area contributed by atoms with Crippen molar-refractivity contribution < 1.29 is 4.74 Å². The molecule has 0 bridgehead atoms. The second-order valence-corrected chi connectivity index (χ2v) is 5.44. The molecule has 2 atom stereocenters. The van der Waals surface area contributed by atoms with Gasteiger partial charge in [-0.05, 0) is 23.8 Å². The summed E-state index contributed by atoms with van der Waals surface area (Å²) in [5, 5.41) is 1.12. The van der Waals surface area contributed by atoms with Crippen molar-refractivity contribution in [2.24, 2.45) is 5.73 Å². The second kappa shape index (κ2) is 4.86. The molecule has 3 heteroatoms. The Hall–Kier alpha value is -2.39. The molecule has 1 aliphatic rings. The third-order valence-corrected chi connectivity index (χ3v) is 4.17. The zero-order chi connectivity index (χ0) is 14.2. The number of ether oxygens (including phenoxy) is 1. The van der Waals surface area contributed by atoms with Crippen LogP contribution in [0.15, 0.2) is 60.8 Å². The second-order valence-electron chi connectivity index (χ2n) is 5.44. The van der Waals surface area contributed by atoms with Gasteiger partial charge in [0.25, 0.3) is 0 Å². The van der Waals surface area contributed by atoms with Crippen LogP contribution in [0.3, 0.4) is 0 Å². The third-order valence-electron chi connectivity index (χ3n) is 4.17. The standard InChI is InChI=1S/C18H16N2O/c19-18(15-11-21-17-8-4-2-6-14(15)17)13-9-12-5-1-3-7-16(12)20-10-13/h1-10,15,18H,11,19H2. The molecule has 3 aromatic rings. The van der Waals surface area contributed by atoms with Gasteiger partial charge in [0.2, 0.25) is 0 Å². The Morgan fingerprint density at radius 2 is 1.90 bits per heavy atom. The van der Waals surface area contributed by atoms with Gasteiger partial charge in [0.15, 0.2) is 0 Å². The Morgan fingerprint density at radius 1 is 1.10 bits per heavy atom. The summed E-state index contributed by atoms with van der Waals surface area (Å²) in [5.74, 6) is 1.14. The molecule has 2 aromatic carbocycles. The number of fused-ring (bicyclic) bond motifs is 2. The molecule has 2 heterocycles. The molecule has 3 nitrogen and oxygen atoms in total. The summed E-state index contributed by atoms with van der Waals surface area (Å²) in [6.07, 6.45) is 1.88. The predicted octanol–water partition coefficient (Wildman–Crippen LogP) is 3.41. The molecule has 0 amide bonds. The average molecular weight is 276 g/mol. The van der Waals surface area contributed by atoms with Gasteiger partial charge in [-0.15, -0.1) is 0 Å². The van der Waals surface area contributed by atoms with Gasteiger partial charge < -0.3 is 10.5 Å². The van der Waals surface area contributed by atoms with E-state index in [0.29, 0.717) is 6.61 Å². The van der Waals surface area contributed by atoms with Crippen LogP contribution in [0.25, 0.3) is 10.9 Å². The van der Waals surface area contributed by atoms with E-state index in [2.05, 4.69) is 23.2 Å². The highest BCUT2D eigenvalue weighted by Gasteiger charge is 2.30. The first-order valence-electron chi connectivity index (χ1n) is 7.15. The van der Waals surface area contributed by atoms with Crippen molar-refractivity contribution in [3.05, 3.63) is 71.9 Å². The fraction of sp³-hybridized carbons (Fsp3) is 0.167. The number of benzene rings is 2. The molecule has 21 heavy (non-hydrogen) atoms. The molecule has 0 fully saturated rings. The molecule has 0 saturated carbocycles. The van der Waals surface area contributed by atoms with Crippen LogP contribution in [0.4, 0.5) is 0 Å². The van der Waals surface area contributed by atoms with Crippen LogP contribution in [-0.4, -0.2) is 11.6 Å². The van der Waals surface area contributed by atoms with Gasteiger partial charge in [-0.3, -0.25) is 4.98 Å². The zero-order valence-corrected chi connectivity index (χ0v) is 11.6. The van der Waals surface area contributed by atoms with E-state index in [-0.39, 0.29) is 12.0 Å². The Balaban J connectivity index is 1.72. The number of hydrogen-bond acceptors (Lipinski definition) is 3. The molecule has 104 valence electrons. The van der Waals surface area contributed by atoms with Gasteiger partial charge in [-0.1, -0.05) is 36.4 Å². The summed E-state index contributed by atoms with van der Waals surface area (Å²) >= 11 is 0. The monoisotopic (exact) mass is 276 g/mol. The largest absolute Gasteiger partial charge is 0.493 e. The van der Waals surface area contributed by atoms with Crippen molar-refractivity contribution in [2.75, 3.05) is 6.61 Å². The van der Waals surface area contributed by atoms with Crippen LogP contribution in [0.2, 0.25) is 0 Å². The molecule has 2 unspecified atom stereocenters. The van der Waals surface area contributed by atoms with Crippen LogP contribution >= 0.6 is 0 Å². The Bertz CT molecular complexity index is 800. The molecule has 1 aliphatic heterocycles. The van der Waals surface area contributed by atoms with E-state index in [1.54, 1.807) is 0 Å². The molecule has 0 aliphatic carbocycles. The topological polar surface area (TPSA) is 48.1 Å². The van der Waals surface area contributed by atoms with Gasteiger partial charge in [-0.2, -0.15) is 0 Å². The van der Waals surface area contributed by atoms with Crippen LogP contribution in [0.1, 0.15) is 23.1 Å². The van der Waals surface area contributed by atoms with Crippen LogP contribution in [0, 0.1) is 0 Å². The fourth-order valence-electron chi connectivity index (χ4n) is 2.99. The van der Waals surface area contributed by atoms with Crippen LogP contribution in [-0.2, 0) is 0 Å². The summed E-state index contributed by atoms with van der Waals surface area (Å²) in [5.41, 5.74) is 9.73. The normalized spacial score (nSPS) is 18.2. The summed E-state index contributed by atoms with van der Waals surface area (Å²) in [7, 11) is 0. The SMILES string of the molecule is NC(c1cnc2ccccc2c1)C1COc2ccccc21. The molecule has 4 rings (SSSR count). The maximum Gasteiger partial charge on any atom is 0.122 e. The summed E-state index contributed by atoms with van der Waals surface area (Å²) in [4.78, 5) is 4.51. The third kappa shape index (κ3) is 2.06. The van der Waals surface area contributed by atoms with Crippen molar-refractivity contribution >= 4 is 10.9 Å². The number of aromatic nitrogens is 1. The highest BCUT2D eigenvalue weighted by molar-refractivity contribution is 5.78. The Morgan fingerprint density at radius 3 is 2.86 bits per heavy atom. The maximum atomic E-state index is 6.49. The van der Waals surface area contributed by atoms with Crippen molar-refractivity contribution in [2.45, 2.75) is 12.0 Å². The van der Waals surface area contributed by atoms with E-state index in [1.165, 1.54) is 5.56 Å². The van der Waals surface area contributed by atoms with Crippen LogP contribution < -0.4 is 10.5 Å². The van der Waals surface area contributed by atoms with E-state index in [9.17, 15) is 0 Å². The fourth-order valence-corrected chi connectivity index (χ4v) is 2.99. The van der Waals surface area contributed by atoms with Crippen LogP contribution in [0.5, 0.6) is 5.75 Å². The van der Waals surface area contributed by atoms with Gasteiger partial charge in [0, 0.05) is 29.1 Å². The molecular weight excluding hydrogens is 260 g/mol. The summed E-state index contributed by atoms with van der Waals surface area (Å²) in [6.45, 7) is 0.632. The number of rotatable bonds is 2. The number of nitrogens with zero attached hydrogens (tertiary/aromatic N) is 1. The predicted molar refractivity (Wildman–Crippen MR) is 83.3 cm³/mol. The number of para-hydroxylation sites is 2. The van der Waals surface area contributed by atoms with Crippen molar-refractivity contribution in [1.29, 1.82) is 0 Å². The van der Waals surface area contributed by atoms with Gasteiger partial charge >= 0.3 is 0 Å². The molecule has 2 N–H and O–H groups in total. The van der Waals surface area contributed by atoms with E-state index in [0.717, 1.165) is 22.2 Å². The first-order valence-corrected chi connectivity index (χ1v) is 7.15. The van der Waals surface area contributed by atoms with Crippen molar-refractivity contribution in [3.63, 3.8) is 0 Å². The number of pyridine rings is 1. The lowest BCUT2D eigenvalue weighted by Crippen LogP contribution is -2.21. The molecule has 0 spiro atoms. The zero-order valence-electron chi connectivity index (χ0n) is 11.6. The average Bonchev–Trinajstić information content (AvgIpc) is 2.98. The molecule has 1 aromatic heterocycles. The van der Waals surface area contributed by atoms with Gasteiger partial charge in [0.1, 0.15) is 5.75 Å². The Labute approximate surface area is 123 Å². The smallest absolute Gasteiger partial charge is 0.122 e. The minimum Gasteiger partial charge on any atom is -0.493 e. The lowest BCUT2D eigenvalue weighted by Gasteiger charge is -2.18. The number of nitrogens with two attached hydrogens (primary N) is 1. The first-order chi connectivity index (χ1) is 10.3.